The Morgan fingerprint density at radius 1 is 1.10 bits per heavy atom. The number of aromatic nitrogens is 2. The van der Waals surface area contributed by atoms with E-state index in [2.05, 4.69) is 42.5 Å². The number of hydrogen-bond acceptors (Lipinski definition) is 4. The first-order valence-corrected chi connectivity index (χ1v) is 11.1. The topological polar surface area (TPSA) is 65.2 Å². The Balaban J connectivity index is 1.56. The summed E-state index contributed by atoms with van der Waals surface area (Å²) >= 11 is 3.53. The predicted molar refractivity (Wildman–Crippen MR) is 125 cm³/mol. The first-order chi connectivity index (χ1) is 15.0. The molecule has 0 unspecified atom stereocenters. The smallest absolute Gasteiger partial charge is 0.255 e. The van der Waals surface area contributed by atoms with Crippen LogP contribution in [0.4, 0.5) is 5.82 Å². The van der Waals surface area contributed by atoms with Crippen molar-refractivity contribution in [3.8, 4) is 11.8 Å². The fourth-order valence-corrected chi connectivity index (χ4v) is 4.62. The van der Waals surface area contributed by atoms with Crippen LogP contribution in [0.1, 0.15) is 33.7 Å². The lowest BCUT2D eigenvalue weighted by Crippen LogP contribution is -2.35. The van der Waals surface area contributed by atoms with E-state index in [1.54, 1.807) is 18.3 Å². The van der Waals surface area contributed by atoms with Gasteiger partial charge >= 0.3 is 0 Å². The number of amides is 1. The molecule has 3 aromatic rings. The van der Waals surface area contributed by atoms with Crippen LogP contribution in [-0.4, -0.2) is 46.5 Å². The maximum absolute atomic E-state index is 13.4. The van der Waals surface area contributed by atoms with Crippen molar-refractivity contribution in [3.05, 3.63) is 75.6 Å². The molecular weight excluding hydrogens is 454 g/mol. The summed E-state index contributed by atoms with van der Waals surface area (Å²) in [6.45, 7) is 6.73. The summed E-state index contributed by atoms with van der Waals surface area (Å²) < 4.78 is 3.12. The Labute approximate surface area is 190 Å². The number of halogens is 1. The summed E-state index contributed by atoms with van der Waals surface area (Å²) in [6, 6.07) is 15.8. The number of benzene rings is 1. The molecule has 0 radical (unpaired) electrons. The van der Waals surface area contributed by atoms with E-state index in [0.717, 1.165) is 40.1 Å². The summed E-state index contributed by atoms with van der Waals surface area (Å²) in [7, 11) is 0. The van der Waals surface area contributed by atoms with E-state index in [1.165, 1.54) is 0 Å². The number of anilines is 1. The van der Waals surface area contributed by atoms with Crippen LogP contribution in [0.2, 0.25) is 0 Å². The Hall–Kier alpha value is -3.11. The van der Waals surface area contributed by atoms with Gasteiger partial charge in [0.2, 0.25) is 0 Å². The summed E-state index contributed by atoms with van der Waals surface area (Å²) in [5.74, 6) is 0.754. The van der Waals surface area contributed by atoms with Gasteiger partial charge in [-0.3, -0.25) is 4.79 Å². The van der Waals surface area contributed by atoms with E-state index in [9.17, 15) is 10.1 Å². The average Bonchev–Trinajstić information content (AvgIpc) is 2.94. The van der Waals surface area contributed by atoms with Gasteiger partial charge in [0.05, 0.1) is 11.1 Å². The van der Waals surface area contributed by atoms with Gasteiger partial charge in [0.15, 0.2) is 0 Å². The van der Waals surface area contributed by atoms with Crippen molar-refractivity contribution in [2.45, 2.75) is 20.3 Å². The second-order valence-electron chi connectivity index (χ2n) is 7.72. The standard InChI is InChI=1S/C24H24BrN5O/c1-17-14-22(18(2)30(17)21-8-3-7-20(25)15-21)24(31)29-11-5-10-28(12-13-29)23-19(16-26)6-4-9-27-23/h3-4,6-9,14-15H,5,10-13H2,1-2H3. The molecule has 1 fully saturated rings. The minimum Gasteiger partial charge on any atom is -0.354 e. The van der Waals surface area contributed by atoms with E-state index in [1.807, 2.05) is 43.0 Å². The average molecular weight is 478 g/mol. The monoisotopic (exact) mass is 477 g/mol. The van der Waals surface area contributed by atoms with E-state index in [0.29, 0.717) is 31.0 Å². The van der Waals surface area contributed by atoms with Gasteiger partial charge in [-0.1, -0.05) is 22.0 Å². The molecule has 158 valence electrons. The zero-order valence-corrected chi connectivity index (χ0v) is 19.3. The molecule has 4 rings (SSSR count). The molecule has 1 aromatic carbocycles. The highest BCUT2D eigenvalue weighted by Crippen LogP contribution is 2.25. The molecular formula is C24H24BrN5O. The van der Waals surface area contributed by atoms with Crippen molar-refractivity contribution in [3.63, 3.8) is 0 Å². The molecule has 0 bridgehead atoms. The first kappa shape index (κ1) is 21.1. The van der Waals surface area contributed by atoms with Crippen LogP contribution < -0.4 is 4.90 Å². The third-order valence-electron chi connectivity index (χ3n) is 5.72. The molecule has 1 aliphatic rings. The van der Waals surface area contributed by atoms with Crippen LogP contribution in [0, 0.1) is 25.2 Å². The molecule has 0 aliphatic carbocycles. The summed E-state index contributed by atoms with van der Waals surface area (Å²) in [4.78, 5) is 21.9. The lowest BCUT2D eigenvalue weighted by atomic mass is 10.2. The number of pyridine rings is 1. The lowest BCUT2D eigenvalue weighted by Gasteiger charge is -2.23. The molecule has 0 spiro atoms. The highest BCUT2D eigenvalue weighted by atomic mass is 79.9. The number of nitrogens with zero attached hydrogens (tertiary/aromatic N) is 5. The van der Waals surface area contributed by atoms with Crippen molar-refractivity contribution >= 4 is 27.7 Å². The molecule has 1 aliphatic heterocycles. The van der Waals surface area contributed by atoms with Crippen LogP contribution in [0.3, 0.4) is 0 Å². The largest absolute Gasteiger partial charge is 0.354 e. The maximum Gasteiger partial charge on any atom is 0.255 e. The lowest BCUT2D eigenvalue weighted by molar-refractivity contribution is 0.0766. The van der Waals surface area contributed by atoms with Gasteiger partial charge in [-0.05, 0) is 56.7 Å². The van der Waals surface area contributed by atoms with Gasteiger partial charge in [-0.15, -0.1) is 0 Å². The van der Waals surface area contributed by atoms with Gasteiger partial charge in [-0.2, -0.15) is 5.26 Å². The van der Waals surface area contributed by atoms with Gasteiger partial charge in [-0.25, -0.2) is 4.98 Å². The summed E-state index contributed by atoms with van der Waals surface area (Å²) in [6.07, 6.45) is 2.54. The second kappa shape index (κ2) is 8.94. The van der Waals surface area contributed by atoms with E-state index < -0.39 is 0 Å². The second-order valence-corrected chi connectivity index (χ2v) is 8.63. The Morgan fingerprint density at radius 3 is 2.71 bits per heavy atom. The number of carbonyl (C=O) groups is 1. The molecule has 7 heteroatoms. The molecule has 3 heterocycles. The number of aryl methyl sites for hydroxylation is 1. The quantitative estimate of drug-likeness (QED) is 0.557. The Kier molecular flexibility index (Phi) is 6.10. The normalized spacial score (nSPS) is 14.3. The molecule has 2 aromatic heterocycles. The number of rotatable bonds is 3. The van der Waals surface area contributed by atoms with Crippen LogP contribution in [0.5, 0.6) is 0 Å². The van der Waals surface area contributed by atoms with E-state index in [-0.39, 0.29) is 5.91 Å². The number of carbonyl (C=O) groups excluding carboxylic acids is 1. The fourth-order valence-electron chi connectivity index (χ4n) is 4.23. The van der Waals surface area contributed by atoms with Gasteiger partial charge in [0.25, 0.3) is 5.91 Å². The van der Waals surface area contributed by atoms with Crippen LogP contribution in [0.15, 0.2) is 53.1 Å². The zero-order chi connectivity index (χ0) is 22.0. The zero-order valence-electron chi connectivity index (χ0n) is 17.7. The molecule has 31 heavy (non-hydrogen) atoms. The highest BCUT2D eigenvalue weighted by Gasteiger charge is 2.25. The van der Waals surface area contributed by atoms with E-state index >= 15 is 0 Å². The minimum absolute atomic E-state index is 0.0534. The highest BCUT2D eigenvalue weighted by molar-refractivity contribution is 9.10. The predicted octanol–water partition coefficient (Wildman–Crippen LogP) is 4.48. The van der Waals surface area contributed by atoms with Crippen molar-refractivity contribution in [1.82, 2.24) is 14.5 Å². The SMILES string of the molecule is Cc1cc(C(=O)N2CCCN(c3ncccc3C#N)CC2)c(C)n1-c1cccc(Br)c1. The molecule has 0 N–H and O–H groups in total. The molecule has 0 atom stereocenters. The summed E-state index contributed by atoms with van der Waals surface area (Å²) in [5.41, 5.74) is 4.31. The van der Waals surface area contributed by atoms with Crippen molar-refractivity contribution in [2.24, 2.45) is 0 Å². The van der Waals surface area contributed by atoms with E-state index in [4.69, 9.17) is 0 Å². The first-order valence-electron chi connectivity index (χ1n) is 10.3. The van der Waals surface area contributed by atoms with Crippen LogP contribution in [-0.2, 0) is 0 Å². The van der Waals surface area contributed by atoms with Gasteiger partial charge in [0, 0.05) is 53.9 Å². The van der Waals surface area contributed by atoms with Crippen LogP contribution >= 0.6 is 15.9 Å². The fraction of sp³-hybridized carbons (Fsp3) is 0.292. The Bertz CT molecular complexity index is 1160. The number of hydrogen-bond donors (Lipinski definition) is 0. The van der Waals surface area contributed by atoms with Gasteiger partial charge in [0.1, 0.15) is 11.9 Å². The van der Waals surface area contributed by atoms with Crippen LogP contribution in [0.25, 0.3) is 5.69 Å². The molecule has 6 nitrogen and oxygen atoms in total. The third-order valence-corrected chi connectivity index (χ3v) is 6.21. The number of nitriles is 1. The molecule has 0 saturated carbocycles. The summed E-state index contributed by atoms with van der Waals surface area (Å²) in [5, 5.41) is 9.39. The Morgan fingerprint density at radius 2 is 1.94 bits per heavy atom. The van der Waals surface area contributed by atoms with Gasteiger partial charge < -0.3 is 14.4 Å². The van der Waals surface area contributed by atoms with Crippen molar-refractivity contribution < 1.29 is 4.79 Å². The minimum atomic E-state index is 0.0534. The maximum atomic E-state index is 13.4. The molecule has 1 amide bonds. The third kappa shape index (κ3) is 4.21. The van der Waals surface area contributed by atoms with Crippen molar-refractivity contribution in [1.29, 1.82) is 5.26 Å². The molecule has 1 saturated heterocycles. The van der Waals surface area contributed by atoms with Crippen molar-refractivity contribution in [2.75, 3.05) is 31.1 Å².